The molecule has 0 fully saturated rings. The first-order chi connectivity index (χ1) is 15.9. The third-order valence-electron chi connectivity index (χ3n) is 5.20. The van der Waals surface area contributed by atoms with Gasteiger partial charge in [0, 0.05) is 29.6 Å². The van der Waals surface area contributed by atoms with Gasteiger partial charge in [0.2, 0.25) is 0 Å². The Hall–Kier alpha value is -2.97. The number of hydrogen-bond acceptors (Lipinski definition) is 4. The van der Waals surface area contributed by atoms with Crippen LogP contribution >= 0.6 is 12.2 Å². The lowest BCUT2D eigenvalue weighted by Crippen LogP contribution is -2.40. The van der Waals surface area contributed by atoms with Crippen molar-refractivity contribution in [2.75, 3.05) is 33.8 Å². The molecule has 8 heteroatoms. The van der Waals surface area contributed by atoms with E-state index in [2.05, 4.69) is 15.2 Å². The molecular weight excluding hydrogens is 439 g/mol. The normalized spacial score (nSPS) is 11.1. The molecule has 1 heterocycles. The average molecular weight is 471 g/mol. The number of pyridine rings is 1. The Balaban J connectivity index is 1.83. The molecule has 33 heavy (non-hydrogen) atoms. The van der Waals surface area contributed by atoms with Gasteiger partial charge in [0.05, 0.1) is 13.2 Å². The van der Waals surface area contributed by atoms with Gasteiger partial charge >= 0.3 is 0 Å². The summed E-state index contributed by atoms with van der Waals surface area (Å²) in [7, 11) is 4.06. The summed E-state index contributed by atoms with van der Waals surface area (Å²) in [6, 6.07) is 13.8. The topological polar surface area (TPSA) is 60.6 Å². The lowest BCUT2D eigenvalue weighted by atomic mass is 10.1. The van der Waals surface area contributed by atoms with E-state index in [0.717, 1.165) is 41.7 Å². The van der Waals surface area contributed by atoms with Gasteiger partial charge in [0.1, 0.15) is 11.6 Å². The van der Waals surface area contributed by atoms with Crippen LogP contribution in [0.4, 0.5) is 4.39 Å². The number of thiocarbonyl (C=S) groups is 1. The second-order valence-corrected chi connectivity index (χ2v) is 8.56. The largest absolute Gasteiger partial charge is 0.494 e. The minimum atomic E-state index is -0.286. The number of ether oxygens (including phenoxy) is 1. The SMILES string of the molecule is CCOc1ccc2[nH]c(=O)c(CN(Cc3ccc(F)cc3)C(=S)NCCCN(C)C)cc2c1. The van der Waals surface area contributed by atoms with E-state index < -0.39 is 0 Å². The van der Waals surface area contributed by atoms with Crippen molar-refractivity contribution in [1.29, 1.82) is 0 Å². The number of rotatable bonds is 10. The molecule has 6 nitrogen and oxygen atoms in total. The van der Waals surface area contributed by atoms with Crippen molar-refractivity contribution in [2.45, 2.75) is 26.4 Å². The Kier molecular flexibility index (Phi) is 8.79. The molecule has 3 rings (SSSR count). The van der Waals surface area contributed by atoms with Crippen LogP contribution in [0.5, 0.6) is 5.75 Å². The van der Waals surface area contributed by atoms with E-state index in [4.69, 9.17) is 17.0 Å². The molecule has 0 saturated carbocycles. The monoisotopic (exact) mass is 470 g/mol. The summed E-state index contributed by atoms with van der Waals surface area (Å²) >= 11 is 5.67. The van der Waals surface area contributed by atoms with Gasteiger partial charge < -0.3 is 24.8 Å². The van der Waals surface area contributed by atoms with Crippen molar-refractivity contribution >= 4 is 28.2 Å². The van der Waals surface area contributed by atoms with Gasteiger partial charge in [-0.15, -0.1) is 0 Å². The molecule has 0 bridgehead atoms. The lowest BCUT2D eigenvalue weighted by molar-refractivity contribution is 0.340. The number of H-pyrrole nitrogens is 1. The van der Waals surface area contributed by atoms with E-state index in [0.29, 0.717) is 30.4 Å². The number of nitrogens with zero attached hydrogens (tertiary/aromatic N) is 2. The Labute approximate surface area is 199 Å². The van der Waals surface area contributed by atoms with E-state index >= 15 is 0 Å². The molecule has 0 aliphatic carbocycles. The van der Waals surface area contributed by atoms with Crippen molar-refractivity contribution < 1.29 is 9.13 Å². The maximum absolute atomic E-state index is 13.4. The maximum atomic E-state index is 13.4. The summed E-state index contributed by atoms with van der Waals surface area (Å²) in [4.78, 5) is 19.8. The molecule has 0 aliphatic heterocycles. The number of aromatic nitrogens is 1. The molecule has 2 N–H and O–H groups in total. The van der Waals surface area contributed by atoms with Crippen LogP contribution in [0, 0.1) is 5.82 Å². The average Bonchev–Trinajstić information content (AvgIpc) is 2.78. The minimum Gasteiger partial charge on any atom is -0.494 e. The first-order valence-corrected chi connectivity index (χ1v) is 11.5. The molecule has 2 aromatic carbocycles. The zero-order chi connectivity index (χ0) is 23.8. The zero-order valence-electron chi connectivity index (χ0n) is 19.4. The number of hydrogen-bond donors (Lipinski definition) is 2. The molecule has 0 radical (unpaired) electrons. The van der Waals surface area contributed by atoms with Gasteiger partial charge in [0.25, 0.3) is 5.56 Å². The van der Waals surface area contributed by atoms with Crippen molar-refractivity contribution in [3.05, 3.63) is 75.8 Å². The van der Waals surface area contributed by atoms with E-state index in [-0.39, 0.29) is 11.4 Å². The van der Waals surface area contributed by atoms with Crippen LogP contribution in [0.15, 0.2) is 53.3 Å². The van der Waals surface area contributed by atoms with E-state index in [1.165, 1.54) is 12.1 Å². The summed E-state index contributed by atoms with van der Waals surface area (Å²) in [6.45, 7) is 4.95. The Bertz CT molecular complexity index is 1130. The van der Waals surface area contributed by atoms with Crippen LogP contribution in [0.1, 0.15) is 24.5 Å². The second-order valence-electron chi connectivity index (χ2n) is 8.18. The van der Waals surface area contributed by atoms with Gasteiger partial charge in [-0.3, -0.25) is 4.79 Å². The van der Waals surface area contributed by atoms with Crippen molar-refractivity contribution in [3.63, 3.8) is 0 Å². The molecule has 0 saturated heterocycles. The van der Waals surface area contributed by atoms with Crippen molar-refractivity contribution in [1.82, 2.24) is 20.1 Å². The van der Waals surface area contributed by atoms with Crippen LogP contribution in [0.25, 0.3) is 10.9 Å². The standard InChI is InChI=1S/C25H31FN4O2S/c1-4-32-22-10-11-23-19(15-22)14-20(24(31)28-23)17-30(16-18-6-8-21(26)9-7-18)25(33)27-12-5-13-29(2)3/h6-11,14-15H,4-5,12-13,16-17H2,1-3H3,(H,27,33)(H,28,31). The predicted molar refractivity (Wildman–Crippen MR) is 135 cm³/mol. The predicted octanol–water partition coefficient (Wildman–Crippen LogP) is 3.89. The van der Waals surface area contributed by atoms with Gasteiger partial charge in [-0.25, -0.2) is 4.39 Å². The highest BCUT2D eigenvalue weighted by Gasteiger charge is 2.14. The van der Waals surface area contributed by atoms with Gasteiger partial charge in [0.15, 0.2) is 5.11 Å². The van der Waals surface area contributed by atoms with Crippen LogP contribution in [0.3, 0.4) is 0 Å². The molecule has 0 spiro atoms. The fraction of sp³-hybridized carbons (Fsp3) is 0.360. The van der Waals surface area contributed by atoms with E-state index in [1.54, 1.807) is 12.1 Å². The summed E-state index contributed by atoms with van der Waals surface area (Å²) in [5.74, 6) is 0.468. The fourth-order valence-corrected chi connectivity index (χ4v) is 3.75. The highest BCUT2D eigenvalue weighted by Crippen LogP contribution is 2.20. The zero-order valence-corrected chi connectivity index (χ0v) is 20.2. The minimum absolute atomic E-state index is 0.161. The Morgan fingerprint density at radius 3 is 2.58 bits per heavy atom. The first-order valence-electron chi connectivity index (χ1n) is 11.1. The Morgan fingerprint density at radius 1 is 1.12 bits per heavy atom. The molecule has 1 aromatic heterocycles. The van der Waals surface area contributed by atoms with Crippen molar-refractivity contribution in [2.24, 2.45) is 0 Å². The summed E-state index contributed by atoms with van der Waals surface area (Å²) in [5, 5.41) is 4.74. The smallest absolute Gasteiger partial charge is 0.253 e. The molecular formula is C25H31FN4O2S. The highest BCUT2D eigenvalue weighted by molar-refractivity contribution is 7.80. The van der Waals surface area contributed by atoms with Gasteiger partial charge in [-0.1, -0.05) is 12.1 Å². The van der Waals surface area contributed by atoms with Crippen LogP contribution in [-0.4, -0.2) is 53.7 Å². The number of aromatic amines is 1. The number of halogens is 1. The van der Waals surface area contributed by atoms with E-state index in [9.17, 15) is 9.18 Å². The second kappa shape index (κ2) is 11.8. The molecule has 0 aliphatic rings. The van der Waals surface area contributed by atoms with Gasteiger partial charge in [-0.05, 0) is 88.2 Å². The number of fused-ring (bicyclic) bond motifs is 1. The first kappa shape index (κ1) is 24.7. The lowest BCUT2D eigenvalue weighted by Gasteiger charge is -2.26. The molecule has 176 valence electrons. The van der Waals surface area contributed by atoms with Crippen LogP contribution in [0.2, 0.25) is 0 Å². The fourth-order valence-electron chi connectivity index (χ4n) is 3.52. The number of nitrogens with one attached hydrogen (secondary N) is 2. The molecule has 0 amide bonds. The third kappa shape index (κ3) is 7.27. The maximum Gasteiger partial charge on any atom is 0.253 e. The highest BCUT2D eigenvalue weighted by atomic mass is 32.1. The molecule has 0 atom stereocenters. The summed E-state index contributed by atoms with van der Waals surface area (Å²) in [6.07, 6.45) is 0.939. The summed E-state index contributed by atoms with van der Waals surface area (Å²) < 4.78 is 19.0. The van der Waals surface area contributed by atoms with Crippen LogP contribution in [-0.2, 0) is 13.1 Å². The Morgan fingerprint density at radius 2 is 1.88 bits per heavy atom. The van der Waals surface area contributed by atoms with Crippen LogP contribution < -0.4 is 15.6 Å². The van der Waals surface area contributed by atoms with Crippen molar-refractivity contribution in [3.8, 4) is 5.75 Å². The summed E-state index contributed by atoms with van der Waals surface area (Å²) in [5.41, 5.74) is 2.09. The van der Waals surface area contributed by atoms with Gasteiger partial charge in [-0.2, -0.15) is 0 Å². The molecule has 3 aromatic rings. The third-order valence-corrected chi connectivity index (χ3v) is 5.60. The molecule has 0 unspecified atom stereocenters. The quantitative estimate of drug-likeness (QED) is 0.346. The number of benzene rings is 2. The van der Waals surface area contributed by atoms with E-state index in [1.807, 2.05) is 50.2 Å².